The largest absolute Gasteiger partial charge is 2.00 e. The summed E-state index contributed by atoms with van der Waals surface area (Å²) in [6.07, 6.45) is 46.5. The predicted octanol–water partition coefficient (Wildman–Crippen LogP) is 11.9. The number of hydrogen-bond donors (Lipinski definition) is 0. The molecule has 0 aromatic heterocycles. The normalized spacial score (nSPS) is 14.0. The summed E-state index contributed by atoms with van der Waals surface area (Å²) in [4.78, 5) is 26.9. The number of allylic oxidation sites excluding steroid dienone is 8. The van der Waals surface area contributed by atoms with Crippen LogP contribution in [-0.4, -0.2) is 98.7 Å². The molecule has 0 radical (unpaired) electrons. The van der Waals surface area contributed by atoms with Crippen molar-refractivity contribution < 1.29 is 19.8 Å². The fourth-order valence-electron chi connectivity index (χ4n) is 7.49. The fraction of sp³-hybridized carbons (Fsp3) is 0.808. The minimum absolute atomic E-state index is 0. The van der Waals surface area contributed by atoms with Gasteiger partial charge < -0.3 is 19.8 Å². The third kappa shape index (κ3) is 43.5. The predicted molar refractivity (Wildman–Crippen MR) is 255 cm³/mol. The van der Waals surface area contributed by atoms with Gasteiger partial charge in [-0.2, -0.15) is 0 Å². The molecule has 7 heteroatoms. The molecular formula is C52H96CaN2O4. The molecule has 0 fully saturated rings. The maximum atomic E-state index is 11.3. The van der Waals surface area contributed by atoms with Gasteiger partial charge in [0.1, 0.15) is 0 Å². The van der Waals surface area contributed by atoms with Crippen LogP contribution in [0.2, 0.25) is 0 Å². The van der Waals surface area contributed by atoms with E-state index in [1.165, 1.54) is 77.0 Å². The molecule has 0 bridgehead atoms. The smallest absolute Gasteiger partial charge is 0.549 e. The Balaban J connectivity index is -0.00000105. The van der Waals surface area contributed by atoms with Crippen LogP contribution in [0.25, 0.3) is 0 Å². The van der Waals surface area contributed by atoms with Crippen molar-refractivity contribution in [2.75, 3.05) is 39.3 Å². The number of carbonyl (C=O) groups is 2. The molecule has 0 saturated heterocycles. The summed E-state index contributed by atoms with van der Waals surface area (Å²) in [6, 6.07) is 0. The Kier molecular flexibility index (Phi) is 50.9. The zero-order valence-electron chi connectivity index (χ0n) is 40.4. The van der Waals surface area contributed by atoms with Crippen LogP contribution >= 0.6 is 0 Å². The number of carboxylic acids is 2. The summed E-state index contributed by atoms with van der Waals surface area (Å²) < 4.78 is 0. The molecule has 0 aliphatic rings. The van der Waals surface area contributed by atoms with E-state index in [0.29, 0.717) is 23.7 Å². The SMILES string of the molecule is CCCC/C=C/CCC(CC)CN(CC(=O)[O-])CC(CC)CC/C=C/CCCC.CCCC/C=C/CCC(CC)CN(CC(=O)[O-])CC(CC)CC/C=C/CCCC.[Ca+2]. The number of rotatable bonds is 40. The molecule has 4 unspecified atom stereocenters. The molecule has 6 nitrogen and oxygen atoms in total. The van der Waals surface area contributed by atoms with E-state index < -0.39 is 11.9 Å². The maximum Gasteiger partial charge on any atom is 2.00 e. The minimum Gasteiger partial charge on any atom is -0.549 e. The van der Waals surface area contributed by atoms with Gasteiger partial charge in [-0.1, -0.05) is 181 Å². The zero-order chi connectivity index (χ0) is 43.5. The Hall–Kier alpha value is -0.920. The summed E-state index contributed by atoms with van der Waals surface area (Å²) in [5, 5.41) is 22.6. The molecule has 0 aromatic carbocycles. The van der Waals surface area contributed by atoms with E-state index in [4.69, 9.17) is 0 Å². The summed E-state index contributed by atoms with van der Waals surface area (Å²) in [5.41, 5.74) is 0. The second-order valence-corrected chi connectivity index (χ2v) is 17.0. The molecule has 0 spiro atoms. The van der Waals surface area contributed by atoms with Crippen molar-refractivity contribution in [3.05, 3.63) is 48.6 Å². The van der Waals surface area contributed by atoms with Gasteiger partial charge in [0.2, 0.25) is 0 Å². The Morgan fingerprint density at radius 1 is 0.390 bits per heavy atom. The minimum atomic E-state index is -0.950. The first-order valence-corrected chi connectivity index (χ1v) is 24.6. The monoisotopic (exact) mass is 853 g/mol. The fourth-order valence-corrected chi connectivity index (χ4v) is 7.49. The molecular weight excluding hydrogens is 757 g/mol. The quantitative estimate of drug-likeness (QED) is 0.0347. The van der Waals surface area contributed by atoms with Gasteiger partial charge in [0.05, 0.1) is 11.9 Å². The standard InChI is InChI=1S/2C26H49NO2.Ca/c2*1-5-9-11-13-15-17-19-24(7-3)21-27(23-26(28)29)22-25(8-4)20-18-16-14-12-10-6-2;/h2*13-16,24-25H,5-12,17-23H2,1-4H3,(H,28,29);/q;;+2/p-2/b2*15-13+,16-14+;. The van der Waals surface area contributed by atoms with Crippen molar-refractivity contribution in [2.45, 2.75) is 209 Å². The van der Waals surface area contributed by atoms with Crippen LogP contribution in [0.4, 0.5) is 0 Å². The van der Waals surface area contributed by atoms with Crippen LogP contribution in [0.1, 0.15) is 209 Å². The molecule has 59 heavy (non-hydrogen) atoms. The van der Waals surface area contributed by atoms with Gasteiger partial charge in [0.15, 0.2) is 0 Å². The van der Waals surface area contributed by atoms with Crippen molar-refractivity contribution in [1.29, 1.82) is 0 Å². The van der Waals surface area contributed by atoms with Crippen LogP contribution in [-0.2, 0) is 9.59 Å². The average Bonchev–Trinajstić information content (AvgIpc) is 3.20. The molecule has 0 N–H and O–H groups in total. The van der Waals surface area contributed by atoms with Gasteiger partial charge in [-0.3, -0.25) is 9.80 Å². The molecule has 0 saturated carbocycles. The number of nitrogens with zero attached hydrogens (tertiary/aromatic N) is 2. The number of carboxylic acid groups (broad SMARTS) is 2. The number of hydrogen-bond acceptors (Lipinski definition) is 6. The molecule has 0 heterocycles. The molecule has 0 aliphatic heterocycles. The third-order valence-corrected chi connectivity index (χ3v) is 11.6. The van der Waals surface area contributed by atoms with E-state index in [-0.39, 0.29) is 50.8 Å². The van der Waals surface area contributed by atoms with Crippen molar-refractivity contribution in [3.8, 4) is 0 Å². The van der Waals surface area contributed by atoms with Gasteiger partial charge in [0.25, 0.3) is 0 Å². The third-order valence-electron chi connectivity index (χ3n) is 11.6. The van der Waals surface area contributed by atoms with E-state index in [9.17, 15) is 19.8 Å². The Labute approximate surface area is 397 Å². The van der Waals surface area contributed by atoms with Crippen molar-refractivity contribution in [1.82, 2.24) is 9.80 Å². The van der Waals surface area contributed by atoms with E-state index in [1.807, 2.05) is 0 Å². The first-order chi connectivity index (χ1) is 28.1. The van der Waals surface area contributed by atoms with Crippen LogP contribution in [0, 0.1) is 23.7 Å². The molecule has 340 valence electrons. The zero-order valence-corrected chi connectivity index (χ0v) is 42.6. The summed E-state index contributed by atoms with van der Waals surface area (Å²) >= 11 is 0. The van der Waals surface area contributed by atoms with Gasteiger partial charge in [0, 0.05) is 39.3 Å². The van der Waals surface area contributed by atoms with E-state index >= 15 is 0 Å². The van der Waals surface area contributed by atoms with Crippen LogP contribution in [0.5, 0.6) is 0 Å². The summed E-state index contributed by atoms with van der Waals surface area (Å²) in [6.45, 7) is 21.4. The second-order valence-electron chi connectivity index (χ2n) is 17.0. The Bertz CT molecular complexity index is 884. The van der Waals surface area contributed by atoms with Crippen LogP contribution < -0.4 is 10.2 Å². The van der Waals surface area contributed by atoms with Crippen LogP contribution in [0.15, 0.2) is 48.6 Å². The molecule has 0 aromatic rings. The first-order valence-electron chi connectivity index (χ1n) is 24.6. The first kappa shape index (κ1) is 62.4. The van der Waals surface area contributed by atoms with E-state index in [0.717, 1.165) is 103 Å². The van der Waals surface area contributed by atoms with Gasteiger partial charge >= 0.3 is 37.7 Å². The van der Waals surface area contributed by atoms with Gasteiger partial charge in [-0.05, 0) is 101 Å². The second kappa shape index (κ2) is 48.1. The summed E-state index contributed by atoms with van der Waals surface area (Å²) in [5.74, 6) is 0.309. The Morgan fingerprint density at radius 3 is 0.763 bits per heavy atom. The van der Waals surface area contributed by atoms with Crippen molar-refractivity contribution in [2.24, 2.45) is 23.7 Å². The molecule has 4 atom stereocenters. The number of carbonyl (C=O) groups excluding carboxylic acids is 2. The summed E-state index contributed by atoms with van der Waals surface area (Å²) in [7, 11) is 0. The number of unbranched alkanes of at least 4 members (excludes halogenated alkanes) is 8. The number of aliphatic carboxylic acids is 2. The molecule has 0 aliphatic carbocycles. The van der Waals surface area contributed by atoms with Crippen molar-refractivity contribution >= 4 is 49.7 Å². The average molecular weight is 853 g/mol. The van der Waals surface area contributed by atoms with Gasteiger partial charge in [-0.25, -0.2) is 0 Å². The van der Waals surface area contributed by atoms with Crippen LogP contribution in [0.3, 0.4) is 0 Å². The maximum absolute atomic E-state index is 11.3. The van der Waals surface area contributed by atoms with E-state index in [2.05, 4.69) is 114 Å². The Morgan fingerprint density at radius 2 is 0.593 bits per heavy atom. The topological polar surface area (TPSA) is 86.7 Å². The van der Waals surface area contributed by atoms with Crippen molar-refractivity contribution in [3.63, 3.8) is 0 Å². The molecule has 0 rings (SSSR count). The molecule has 0 amide bonds. The van der Waals surface area contributed by atoms with E-state index in [1.54, 1.807) is 0 Å². The van der Waals surface area contributed by atoms with Gasteiger partial charge in [-0.15, -0.1) is 0 Å².